The van der Waals surface area contributed by atoms with Crippen LogP contribution in [0.2, 0.25) is 10.0 Å². The van der Waals surface area contributed by atoms with Crippen LogP contribution in [0.4, 0.5) is 10.1 Å². The molecule has 148 valence electrons. The molecule has 1 aromatic carbocycles. The zero-order valence-electron chi connectivity index (χ0n) is 14.3. The number of hydrogen-bond donors (Lipinski definition) is 1. The summed E-state index contributed by atoms with van der Waals surface area (Å²) < 4.78 is 47.5. The number of benzene rings is 1. The van der Waals surface area contributed by atoms with Gasteiger partial charge in [0.25, 0.3) is 10.0 Å². The summed E-state index contributed by atoms with van der Waals surface area (Å²) in [5.41, 5.74) is 0.732. The quantitative estimate of drug-likeness (QED) is 0.486. The molecule has 0 amide bonds. The molecule has 0 radical (unpaired) electrons. The van der Waals surface area contributed by atoms with E-state index < -0.39 is 15.8 Å². The zero-order valence-corrected chi connectivity index (χ0v) is 16.6. The van der Waals surface area contributed by atoms with Crippen molar-refractivity contribution in [2.75, 3.05) is 4.72 Å². The van der Waals surface area contributed by atoms with Gasteiger partial charge in [0, 0.05) is 18.0 Å². The monoisotopic (exact) mass is 453 g/mol. The van der Waals surface area contributed by atoms with Crippen molar-refractivity contribution in [3.8, 4) is 16.9 Å². The Morgan fingerprint density at radius 1 is 1.17 bits per heavy atom. The van der Waals surface area contributed by atoms with E-state index in [0.717, 1.165) is 17.0 Å². The van der Waals surface area contributed by atoms with E-state index in [-0.39, 0.29) is 21.3 Å². The summed E-state index contributed by atoms with van der Waals surface area (Å²) in [5.74, 6) is -0.720. The Bertz CT molecular complexity index is 1290. The van der Waals surface area contributed by atoms with E-state index in [2.05, 4.69) is 20.0 Å². The molecule has 3 aromatic heterocycles. The number of sulfonamides is 1. The van der Waals surface area contributed by atoms with Crippen LogP contribution in [0.5, 0.6) is 0 Å². The molecule has 0 bridgehead atoms. The van der Waals surface area contributed by atoms with Gasteiger partial charge < -0.3 is 4.42 Å². The maximum absolute atomic E-state index is 14.5. The number of hydrogen-bond acceptors (Lipinski definition) is 6. The van der Waals surface area contributed by atoms with Crippen molar-refractivity contribution in [3.63, 3.8) is 0 Å². The van der Waals surface area contributed by atoms with Gasteiger partial charge >= 0.3 is 0 Å². The number of nitrogens with zero attached hydrogens (tertiary/aromatic N) is 4. The molecular weight excluding hydrogens is 444 g/mol. The molecule has 8 nitrogen and oxygen atoms in total. The van der Waals surface area contributed by atoms with Crippen molar-refractivity contribution in [3.05, 3.63) is 71.2 Å². The Balaban J connectivity index is 1.73. The summed E-state index contributed by atoms with van der Waals surface area (Å²) in [6.07, 6.45) is 6.68. The third-order valence-electron chi connectivity index (χ3n) is 3.84. The van der Waals surface area contributed by atoms with Gasteiger partial charge in [-0.15, -0.1) is 5.10 Å². The van der Waals surface area contributed by atoms with Crippen LogP contribution < -0.4 is 4.72 Å². The number of rotatable bonds is 5. The Hall–Kier alpha value is -2.95. The van der Waals surface area contributed by atoms with Crippen LogP contribution in [0, 0.1) is 5.82 Å². The van der Waals surface area contributed by atoms with Crippen molar-refractivity contribution in [2.45, 2.75) is 4.90 Å². The van der Waals surface area contributed by atoms with Crippen LogP contribution >= 0.6 is 23.2 Å². The average Bonchev–Trinajstić information content (AvgIpc) is 3.37. The van der Waals surface area contributed by atoms with Crippen molar-refractivity contribution in [2.24, 2.45) is 0 Å². The smallest absolute Gasteiger partial charge is 0.265 e. The third-order valence-corrected chi connectivity index (χ3v) is 5.77. The lowest BCUT2D eigenvalue weighted by atomic mass is 10.2. The molecule has 12 heteroatoms. The largest absolute Gasteiger partial charge is 0.471 e. The molecule has 0 atom stereocenters. The predicted molar refractivity (Wildman–Crippen MR) is 104 cm³/mol. The molecule has 0 aliphatic carbocycles. The normalized spacial score (nSPS) is 11.6. The van der Waals surface area contributed by atoms with Gasteiger partial charge in [0.2, 0.25) is 0 Å². The lowest BCUT2D eigenvalue weighted by molar-refractivity contribution is 0.557. The first-order valence-electron chi connectivity index (χ1n) is 7.92. The Kier molecular flexibility index (Phi) is 4.99. The maximum atomic E-state index is 14.5. The SMILES string of the molecule is O=S(=O)(Nc1ccc(F)c(-n2cc(-c3cncc(Cl)c3)nn2)c1Cl)c1ccoc1. The summed E-state index contributed by atoms with van der Waals surface area (Å²) >= 11 is 12.2. The lowest BCUT2D eigenvalue weighted by Crippen LogP contribution is -2.13. The maximum Gasteiger partial charge on any atom is 0.265 e. The molecule has 0 spiro atoms. The van der Waals surface area contributed by atoms with Crippen molar-refractivity contribution < 1.29 is 17.2 Å². The first-order chi connectivity index (χ1) is 13.8. The highest BCUT2D eigenvalue weighted by atomic mass is 35.5. The van der Waals surface area contributed by atoms with Crippen LogP contribution in [0.1, 0.15) is 0 Å². The van der Waals surface area contributed by atoms with E-state index >= 15 is 0 Å². The van der Waals surface area contributed by atoms with Gasteiger partial charge in [-0.05, 0) is 24.3 Å². The van der Waals surface area contributed by atoms with Crippen molar-refractivity contribution in [1.29, 1.82) is 0 Å². The minimum Gasteiger partial charge on any atom is -0.471 e. The van der Waals surface area contributed by atoms with Gasteiger partial charge in [-0.25, -0.2) is 17.5 Å². The Morgan fingerprint density at radius 2 is 2.00 bits per heavy atom. The first kappa shape index (κ1) is 19.4. The minimum atomic E-state index is -3.97. The number of furan rings is 1. The fourth-order valence-electron chi connectivity index (χ4n) is 2.50. The standard InChI is InChI=1S/C17H10Cl2FN5O3S/c18-11-5-10(6-21-7-11)15-8-25(24-22-15)17-13(20)1-2-14(16(17)19)23-29(26,27)12-3-4-28-9-12/h1-9,23H. The molecule has 0 saturated carbocycles. The summed E-state index contributed by atoms with van der Waals surface area (Å²) in [7, 11) is -3.97. The molecule has 29 heavy (non-hydrogen) atoms. The fraction of sp³-hybridized carbons (Fsp3) is 0. The minimum absolute atomic E-state index is 0.0364. The van der Waals surface area contributed by atoms with Crippen molar-refractivity contribution >= 4 is 38.9 Å². The summed E-state index contributed by atoms with van der Waals surface area (Å²) in [5, 5.41) is 8.05. The van der Waals surface area contributed by atoms with Gasteiger partial charge in [0.15, 0.2) is 5.82 Å². The molecule has 0 saturated heterocycles. The fourth-order valence-corrected chi connectivity index (χ4v) is 4.01. The molecule has 0 aliphatic rings. The second kappa shape index (κ2) is 7.47. The summed E-state index contributed by atoms with van der Waals surface area (Å²) in [4.78, 5) is 3.86. The van der Waals surface area contributed by atoms with E-state index in [9.17, 15) is 12.8 Å². The highest BCUT2D eigenvalue weighted by Crippen LogP contribution is 2.33. The number of pyridine rings is 1. The van der Waals surface area contributed by atoms with Crippen LogP contribution in [-0.2, 0) is 10.0 Å². The molecule has 4 rings (SSSR count). The van der Waals surface area contributed by atoms with Gasteiger partial charge in [-0.3, -0.25) is 9.71 Å². The van der Waals surface area contributed by atoms with Gasteiger partial charge in [0.05, 0.1) is 28.2 Å². The van der Waals surface area contributed by atoms with E-state index in [1.165, 1.54) is 37.0 Å². The molecule has 1 N–H and O–H groups in total. The number of halogens is 3. The molecule has 3 heterocycles. The van der Waals surface area contributed by atoms with Crippen molar-refractivity contribution in [1.82, 2.24) is 20.0 Å². The zero-order chi connectivity index (χ0) is 20.6. The molecule has 0 unspecified atom stereocenters. The number of anilines is 1. The average molecular weight is 454 g/mol. The predicted octanol–water partition coefficient (Wildman–Crippen LogP) is 4.17. The highest BCUT2D eigenvalue weighted by Gasteiger charge is 2.21. The van der Waals surface area contributed by atoms with E-state index in [1.807, 2.05) is 0 Å². The second-order valence-corrected chi connectivity index (χ2v) is 8.26. The lowest BCUT2D eigenvalue weighted by Gasteiger charge is -2.12. The van der Waals surface area contributed by atoms with Gasteiger partial charge in [-0.2, -0.15) is 0 Å². The van der Waals surface area contributed by atoms with Crippen LogP contribution in [0.3, 0.4) is 0 Å². The Morgan fingerprint density at radius 3 is 2.72 bits per heavy atom. The molecule has 0 fully saturated rings. The molecular formula is C17H10Cl2FN5O3S. The Labute approximate surface area is 173 Å². The van der Waals surface area contributed by atoms with Gasteiger partial charge in [0.1, 0.15) is 22.5 Å². The molecule has 4 aromatic rings. The summed E-state index contributed by atoms with van der Waals surface area (Å²) in [6.45, 7) is 0. The number of nitrogens with one attached hydrogen (secondary N) is 1. The van der Waals surface area contributed by atoms with E-state index in [0.29, 0.717) is 16.3 Å². The topological polar surface area (TPSA) is 103 Å². The van der Waals surface area contributed by atoms with Gasteiger partial charge in [-0.1, -0.05) is 28.4 Å². The van der Waals surface area contributed by atoms with E-state index in [4.69, 9.17) is 27.6 Å². The summed E-state index contributed by atoms with van der Waals surface area (Å²) in [6, 6.07) is 5.16. The van der Waals surface area contributed by atoms with Crippen LogP contribution in [0.25, 0.3) is 16.9 Å². The molecule has 0 aliphatic heterocycles. The first-order valence-corrected chi connectivity index (χ1v) is 10.2. The van der Waals surface area contributed by atoms with E-state index in [1.54, 1.807) is 6.07 Å². The second-order valence-electron chi connectivity index (χ2n) is 5.76. The van der Waals surface area contributed by atoms with Crippen LogP contribution in [-0.4, -0.2) is 28.4 Å². The third kappa shape index (κ3) is 3.82. The van der Waals surface area contributed by atoms with Crippen LogP contribution in [0.15, 0.2) is 64.7 Å². The highest BCUT2D eigenvalue weighted by molar-refractivity contribution is 7.92. The number of aromatic nitrogens is 4.